The number of nitrogens with one attached hydrogen (secondary N) is 1. The summed E-state index contributed by atoms with van der Waals surface area (Å²) in [6.07, 6.45) is 0. The summed E-state index contributed by atoms with van der Waals surface area (Å²) in [7, 11) is 0. The number of aryl methyl sites for hydroxylation is 1. The molecule has 0 spiro atoms. The number of aromatic nitrogens is 1. The highest BCUT2D eigenvalue weighted by Gasteiger charge is 2.21. The van der Waals surface area contributed by atoms with Gasteiger partial charge in [0.15, 0.2) is 5.78 Å². The van der Waals surface area contributed by atoms with Gasteiger partial charge in [-0.15, -0.1) is 11.6 Å². The van der Waals surface area contributed by atoms with Crippen LogP contribution in [0.4, 0.5) is 0 Å². The number of rotatable bonds is 4. The Morgan fingerprint density at radius 2 is 2.00 bits per heavy atom. The third kappa shape index (κ3) is 2.27. The number of esters is 1. The van der Waals surface area contributed by atoms with Crippen molar-refractivity contribution < 1.29 is 14.3 Å². The summed E-state index contributed by atoms with van der Waals surface area (Å²) >= 11 is 5.48. The van der Waals surface area contributed by atoms with Gasteiger partial charge in [-0.1, -0.05) is 0 Å². The van der Waals surface area contributed by atoms with Crippen molar-refractivity contribution in [2.75, 3.05) is 12.5 Å². The van der Waals surface area contributed by atoms with E-state index in [4.69, 9.17) is 16.3 Å². The van der Waals surface area contributed by atoms with E-state index in [0.717, 1.165) is 0 Å². The molecule has 0 atom stereocenters. The molecule has 1 N–H and O–H groups in total. The van der Waals surface area contributed by atoms with Crippen molar-refractivity contribution in [2.24, 2.45) is 0 Å². The van der Waals surface area contributed by atoms with Gasteiger partial charge in [0.1, 0.15) is 0 Å². The molecule has 0 saturated carbocycles. The van der Waals surface area contributed by atoms with E-state index in [2.05, 4.69) is 4.98 Å². The van der Waals surface area contributed by atoms with Crippen molar-refractivity contribution in [2.45, 2.75) is 20.8 Å². The summed E-state index contributed by atoms with van der Waals surface area (Å²) in [5, 5.41) is 0. The number of ketones is 1. The van der Waals surface area contributed by atoms with Gasteiger partial charge >= 0.3 is 5.97 Å². The minimum atomic E-state index is -0.414. The quantitative estimate of drug-likeness (QED) is 0.501. The molecule has 0 aliphatic heterocycles. The number of aromatic amines is 1. The molecule has 0 amide bonds. The van der Waals surface area contributed by atoms with Crippen molar-refractivity contribution in [1.29, 1.82) is 0 Å². The molecule has 0 aliphatic rings. The number of ether oxygens (including phenoxy) is 1. The first-order valence-electron chi connectivity index (χ1n) is 4.98. The number of carbonyl (C=O) groups is 2. The standard InChI is InChI=1S/C11H14ClNO3/c1-4-16-11(15)9-6(2)10(8(14)5-12)13-7(9)3/h13H,4-5H2,1-3H3. The van der Waals surface area contributed by atoms with Crippen LogP contribution in [-0.4, -0.2) is 29.2 Å². The molecule has 0 radical (unpaired) electrons. The summed E-state index contributed by atoms with van der Waals surface area (Å²) < 4.78 is 4.91. The van der Waals surface area contributed by atoms with Crippen LogP contribution in [0.1, 0.15) is 39.0 Å². The minimum Gasteiger partial charge on any atom is -0.462 e. The van der Waals surface area contributed by atoms with Crippen LogP contribution in [0.3, 0.4) is 0 Å². The lowest BCUT2D eigenvalue weighted by Gasteiger charge is -2.02. The maximum atomic E-state index is 11.6. The van der Waals surface area contributed by atoms with Crippen molar-refractivity contribution >= 4 is 23.4 Å². The summed E-state index contributed by atoms with van der Waals surface area (Å²) in [4.78, 5) is 26.0. The first-order chi connectivity index (χ1) is 7.52. The Morgan fingerprint density at radius 3 is 2.50 bits per heavy atom. The molecule has 1 aromatic heterocycles. The first kappa shape index (κ1) is 12.8. The second-order valence-corrected chi connectivity index (χ2v) is 3.67. The Hall–Kier alpha value is -1.29. The lowest BCUT2D eigenvalue weighted by molar-refractivity contribution is 0.0525. The molecule has 0 aliphatic carbocycles. The maximum absolute atomic E-state index is 11.6. The maximum Gasteiger partial charge on any atom is 0.340 e. The number of Topliss-reactive ketones (excluding diaryl/α,β-unsaturated/α-hetero) is 1. The minimum absolute atomic E-state index is 0.108. The summed E-state index contributed by atoms with van der Waals surface area (Å²) in [6, 6.07) is 0. The summed E-state index contributed by atoms with van der Waals surface area (Å²) in [6.45, 7) is 5.47. The zero-order chi connectivity index (χ0) is 12.3. The zero-order valence-corrected chi connectivity index (χ0v) is 10.3. The second kappa shape index (κ2) is 5.16. The van der Waals surface area contributed by atoms with Gasteiger partial charge in [0.05, 0.1) is 23.7 Å². The lowest BCUT2D eigenvalue weighted by atomic mass is 10.1. The monoisotopic (exact) mass is 243 g/mol. The highest BCUT2D eigenvalue weighted by molar-refractivity contribution is 6.30. The number of hydrogen-bond donors (Lipinski definition) is 1. The molecule has 88 valence electrons. The summed E-state index contributed by atoms with van der Waals surface area (Å²) in [5.41, 5.74) is 2.04. The van der Waals surface area contributed by atoms with E-state index in [-0.39, 0.29) is 11.7 Å². The first-order valence-corrected chi connectivity index (χ1v) is 5.51. The van der Waals surface area contributed by atoms with Crippen molar-refractivity contribution in [3.05, 3.63) is 22.5 Å². The van der Waals surface area contributed by atoms with E-state index in [1.807, 2.05) is 0 Å². The Kier molecular flexibility index (Phi) is 4.12. The number of hydrogen-bond acceptors (Lipinski definition) is 3. The van der Waals surface area contributed by atoms with Gasteiger partial charge in [-0.3, -0.25) is 4.79 Å². The Balaban J connectivity index is 3.17. The zero-order valence-electron chi connectivity index (χ0n) is 9.52. The molecular weight excluding hydrogens is 230 g/mol. The van der Waals surface area contributed by atoms with Crippen molar-refractivity contribution in [1.82, 2.24) is 4.98 Å². The number of carbonyl (C=O) groups excluding carboxylic acids is 2. The predicted molar refractivity (Wildman–Crippen MR) is 61.3 cm³/mol. The van der Waals surface area contributed by atoms with Crippen LogP contribution in [0.2, 0.25) is 0 Å². The van der Waals surface area contributed by atoms with Gasteiger partial charge < -0.3 is 9.72 Å². The number of H-pyrrole nitrogens is 1. The lowest BCUT2D eigenvalue weighted by Crippen LogP contribution is -2.07. The van der Waals surface area contributed by atoms with Gasteiger partial charge in [-0.05, 0) is 26.3 Å². The van der Waals surface area contributed by atoms with Gasteiger partial charge in [0, 0.05) is 5.69 Å². The molecule has 0 saturated heterocycles. The molecule has 0 aromatic carbocycles. The van der Waals surface area contributed by atoms with Crippen molar-refractivity contribution in [3.63, 3.8) is 0 Å². The van der Waals surface area contributed by atoms with Gasteiger partial charge in [0.25, 0.3) is 0 Å². The largest absolute Gasteiger partial charge is 0.462 e. The van der Waals surface area contributed by atoms with Gasteiger partial charge in [0.2, 0.25) is 0 Å². The fourth-order valence-electron chi connectivity index (χ4n) is 1.61. The van der Waals surface area contributed by atoms with Crippen LogP contribution in [0.15, 0.2) is 0 Å². The van der Waals surface area contributed by atoms with E-state index in [0.29, 0.717) is 29.1 Å². The van der Waals surface area contributed by atoms with Crippen LogP contribution < -0.4 is 0 Å². The van der Waals surface area contributed by atoms with Crippen LogP contribution in [-0.2, 0) is 4.74 Å². The SMILES string of the molecule is CCOC(=O)c1c(C)[nH]c(C(=O)CCl)c1C. The van der Waals surface area contributed by atoms with E-state index >= 15 is 0 Å². The Bertz CT molecular complexity index is 423. The number of halogens is 1. The van der Waals surface area contributed by atoms with E-state index in [1.54, 1.807) is 20.8 Å². The molecule has 1 rings (SSSR count). The predicted octanol–water partition coefficient (Wildman–Crippen LogP) is 2.23. The van der Waals surface area contributed by atoms with Crippen LogP contribution in [0.5, 0.6) is 0 Å². The average Bonchev–Trinajstić information content (AvgIpc) is 2.53. The Labute approximate surface area is 98.9 Å². The topological polar surface area (TPSA) is 59.2 Å². The highest BCUT2D eigenvalue weighted by Crippen LogP contribution is 2.19. The Morgan fingerprint density at radius 1 is 1.38 bits per heavy atom. The summed E-state index contributed by atoms with van der Waals surface area (Å²) in [5.74, 6) is -0.747. The van der Waals surface area contributed by atoms with Crippen LogP contribution in [0, 0.1) is 13.8 Å². The van der Waals surface area contributed by atoms with Gasteiger partial charge in [-0.25, -0.2) is 4.79 Å². The molecule has 1 aromatic rings. The molecule has 5 heteroatoms. The normalized spacial score (nSPS) is 10.2. The van der Waals surface area contributed by atoms with Crippen LogP contribution in [0.25, 0.3) is 0 Å². The molecule has 1 heterocycles. The average molecular weight is 244 g/mol. The van der Waals surface area contributed by atoms with Crippen molar-refractivity contribution in [3.8, 4) is 0 Å². The smallest absolute Gasteiger partial charge is 0.340 e. The second-order valence-electron chi connectivity index (χ2n) is 3.40. The van der Waals surface area contributed by atoms with E-state index in [9.17, 15) is 9.59 Å². The highest BCUT2D eigenvalue weighted by atomic mass is 35.5. The molecule has 0 bridgehead atoms. The van der Waals surface area contributed by atoms with Gasteiger partial charge in [-0.2, -0.15) is 0 Å². The number of alkyl halides is 1. The fourth-order valence-corrected chi connectivity index (χ4v) is 1.74. The fraction of sp³-hybridized carbons (Fsp3) is 0.455. The molecular formula is C11H14ClNO3. The van der Waals surface area contributed by atoms with E-state index < -0.39 is 5.97 Å². The molecule has 0 fully saturated rings. The van der Waals surface area contributed by atoms with E-state index in [1.165, 1.54) is 0 Å². The molecule has 4 nitrogen and oxygen atoms in total. The van der Waals surface area contributed by atoms with Crippen LogP contribution >= 0.6 is 11.6 Å². The molecule has 0 unspecified atom stereocenters. The molecule has 16 heavy (non-hydrogen) atoms. The third-order valence-corrected chi connectivity index (χ3v) is 2.56. The third-order valence-electron chi connectivity index (χ3n) is 2.32.